The minimum absolute atomic E-state index is 0.209. The van der Waals surface area contributed by atoms with Gasteiger partial charge in [0.1, 0.15) is 0 Å². The summed E-state index contributed by atoms with van der Waals surface area (Å²) in [7, 11) is 0. The quantitative estimate of drug-likeness (QED) is 0.0875. The van der Waals surface area contributed by atoms with E-state index in [0.29, 0.717) is 0 Å². The molecule has 0 rings (SSSR count). The molecule has 2 nitrogen and oxygen atoms in total. The van der Waals surface area contributed by atoms with Gasteiger partial charge in [-0.25, -0.2) is 0 Å². The maximum absolute atomic E-state index is 11.5. The number of aliphatic carboxylic acids is 1. The molecule has 0 aliphatic rings. The average Bonchev–Trinajstić information content (AvgIpc) is 2.87. The van der Waals surface area contributed by atoms with Crippen molar-refractivity contribution in [2.75, 3.05) is 0 Å². The van der Waals surface area contributed by atoms with Crippen LogP contribution >= 0.6 is 0 Å². The number of hydrogen-bond donors (Lipinski definition) is 0. The third-order valence-electron chi connectivity index (χ3n) is 8.15. The zero-order chi connectivity index (χ0) is 26.4. The third-order valence-corrected chi connectivity index (χ3v) is 8.15. The normalized spacial score (nSPS) is 12.3. The largest absolute Gasteiger partial charge is 0.550 e. The van der Waals surface area contributed by atoms with Crippen molar-refractivity contribution >= 4 is 5.97 Å². The van der Waals surface area contributed by atoms with Crippen LogP contribution in [-0.4, -0.2) is 5.97 Å². The van der Waals surface area contributed by atoms with Crippen LogP contribution in [0, 0.1) is 5.92 Å². The van der Waals surface area contributed by atoms with E-state index in [9.17, 15) is 9.90 Å². The van der Waals surface area contributed by atoms with Crippen LogP contribution in [0.5, 0.6) is 0 Å². The maximum atomic E-state index is 11.5. The van der Waals surface area contributed by atoms with Crippen molar-refractivity contribution in [1.82, 2.24) is 0 Å². The Balaban J connectivity index is 3.38. The van der Waals surface area contributed by atoms with Crippen LogP contribution in [0.3, 0.4) is 0 Å². The molecule has 0 bridgehead atoms. The zero-order valence-corrected chi connectivity index (χ0v) is 25.1. The number of hydrogen-bond acceptors (Lipinski definition) is 2. The number of carbonyl (C=O) groups is 1. The van der Waals surface area contributed by atoms with Gasteiger partial charge in [0, 0.05) is 5.97 Å². The molecule has 0 saturated heterocycles. The molecule has 0 fully saturated rings. The van der Waals surface area contributed by atoms with Crippen molar-refractivity contribution < 1.29 is 9.90 Å². The van der Waals surface area contributed by atoms with E-state index >= 15 is 0 Å². The molecule has 216 valence electrons. The smallest absolute Gasteiger partial charge is 0.0445 e. The van der Waals surface area contributed by atoms with Gasteiger partial charge in [-0.1, -0.05) is 194 Å². The SMILES string of the molecule is CCCCCCCCCCCCCCCCCCC(CCCCCCCCCCCCCC)C(=O)[O-]. The molecule has 36 heavy (non-hydrogen) atoms. The summed E-state index contributed by atoms with van der Waals surface area (Å²) < 4.78 is 0. The van der Waals surface area contributed by atoms with Gasteiger partial charge in [0.25, 0.3) is 0 Å². The van der Waals surface area contributed by atoms with Crippen molar-refractivity contribution in [2.45, 2.75) is 206 Å². The Bertz CT molecular complexity index is 419. The van der Waals surface area contributed by atoms with Crippen LogP contribution in [0.2, 0.25) is 0 Å². The first-order chi connectivity index (χ1) is 17.7. The van der Waals surface area contributed by atoms with Crippen molar-refractivity contribution in [3.05, 3.63) is 0 Å². The highest BCUT2D eigenvalue weighted by atomic mass is 16.4. The van der Waals surface area contributed by atoms with Crippen LogP contribution in [0.15, 0.2) is 0 Å². The summed E-state index contributed by atoms with van der Waals surface area (Å²) >= 11 is 0. The highest BCUT2D eigenvalue weighted by molar-refractivity contribution is 5.67. The Morgan fingerprint density at radius 3 is 0.778 bits per heavy atom. The Morgan fingerprint density at radius 1 is 0.389 bits per heavy atom. The molecule has 0 aromatic heterocycles. The fourth-order valence-electron chi connectivity index (χ4n) is 5.55. The monoisotopic (exact) mass is 508 g/mol. The lowest BCUT2D eigenvalue weighted by atomic mass is 9.94. The second kappa shape index (κ2) is 30.7. The predicted molar refractivity (Wildman–Crippen MR) is 158 cm³/mol. The molecule has 0 amide bonds. The molecule has 0 N–H and O–H groups in total. The highest BCUT2D eigenvalue weighted by Crippen LogP contribution is 2.20. The van der Waals surface area contributed by atoms with Gasteiger partial charge >= 0.3 is 0 Å². The van der Waals surface area contributed by atoms with Gasteiger partial charge in [0.15, 0.2) is 0 Å². The summed E-state index contributed by atoms with van der Waals surface area (Å²) in [6.07, 6.45) is 39.4. The summed E-state index contributed by atoms with van der Waals surface area (Å²) in [5.74, 6) is -1.02. The number of carbonyl (C=O) groups excluding carboxylic acids is 1. The second-order valence-electron chi connectivity index (χ2n) is 11.8. The van der Waals surface area contributed by atoms with Gasteiger partial charge in [-0.3, -0.25) is 0 Å². The van der Waals surface area contributed by atoms with Gasteiger partial charge in [0.2, 0.25) is 0 Å². The Kier molecular flexibility index (Phi) is 30.2. The number of rotatable bonds is 31. The molecular weight excluding hydrogens is 440 g/mol. The molecule has 0 aromatic rings. The van der Waals surface area contributed by atoms with Crippen molar-refractivity contribution in [3.63, 3.8) is 0 Å². The van der Waals surface area contributed by atoms with E-state index < -0.39 is 5.97 Å². The molecule has 1 unspecified atom stereocenters. The van der Waals surface area contributed by atoms with Crippen molar-refractivity contribution in [3.8, 4) is 0 Å². The van der Waals surface area contributed by atoms with Gasteiger partial charge in [-0.05, 0) is 18.8 Å². The van der Waals surface area contributed by atoms with Crippen LogP contribution in [-0.2, 0) is 4.79 Å². The number of carboxylic acids is 1. The molecule has 0 aromatic carbocycles. The second-order valence-corrected chi connectivity index (χ2v) is 11.8. The fourth-order valence-corrected chi connectivity index (χ4v) is 5.55. The standard InChI is InChI=1S/C34H68O2/c1-3-5-7-9-11-13-15-17-18-19-20-22-24-26-28-30-32-33(34(35)36)31-29-27-25-23-21-16-14-12-10-8-6-4-2/h33H,3-32H2,1-2H3,(H,35,36)/p-1. The van der Waals surface area contributed by atoms with Crippen molar-refractivity contribution in [2.24, 2.45) is 5.92 Å². The lowest BCUT2D eigenvalue weighted by molar-refractivity contribution is -0.312. The van der Waals surface area contributed by atoms with E-state index in [1.807, 2.05) is 0 Å². The van der Waals surface area contributed by atoms with E-state index in [1.165, 1.54) is 167 Å². The molecule has 0 radical (unpaired) electrons. The average molecular weight is 508 g/mol. The number of carboxylic acid groups (broad SMARTS) is 1. The highest BCUT2D eigenvalue weighted by Gasteiger charge is 2.09. The van der Waals surface area contributed by atoms with E-state index in [2.05, 4.69) is 13.8 Å². The molecule has 0 aliphatic heterocycles. The van der Waals surface area contributed by atoms with Crippen LogP contribution in [0.4, 0.5) is 0 Å². The molecule has 1 atom stereocenters. The summed E-state index contributed by atoms with van der Waals surface area (Å²) in [5.41, 5.74) is 0. The fraction of sp³-hybridized carbons (Fsp3) is 0.971. The van der Waals surface area contributed by atoms with Gasteiger partial charge in [-0.2, -0.15) is 0 Å². The molecular formula is C34H67O2-. The summed E-state index contributed by atoms with van der Waals surface area (Å²) in [5, 5.41) is 11.5. The Morgan fingerprint density at radius 2 is 0.583 bits per heavy atom. The van der Waals surface area contributed by atoms with Crippen molar-refractivity contribution in [1.29, 1.82) is 0 Å². The van der Waals surface area contributed by atoms with Gasteiger partial charge in [-0.15, -0.1) is 0 Å². The van der Waals surface area contributed by atoms with Gasteiger partial charge in [0.05, 0.1) is 0 Å². The van der Waals surface area contributed by atoms with E-state index in [0.717, 1.165) is 25.7 Å². The first-order valence-corrected chi connectivity index (χ1v) is 16.9. The van der Waals surface area contributed by atoms with Crippen LogP contribution < -0.4 is 5.11 Å². The lowest BCUT2D eigenvalue weighted by Gasteiger charge is -2.17. The van der Waals surface area contributed by atoms with E-state index in [1.54, 1.807) is 0 Å². The number of unbranched alkanes of at least 4 members (excludes halogenated alkanes) is 26. The summed E-state index contributed by atoms with van der Waals surface area (Å²) in [6.45, 7) is 4.56. The molecule has 0 heterocycles. The van der Waals surface area contributed by atoms with E-state index in [4.69, 9.17) is 0 Å². The van der Waals surface area contributed by atoms with Gasteiger partial charge < -0.3 is 9.90 Å². The Labute approximate surface area is 228 Å². The topological polar surface area (TPSA) is 40.1 Å². The summed E-state index contributed by atoms with van der Waals surface area (Å²) in [6, 6.07) is 0. The maximum Gasteiger partial charge on any atom is 0.0445 e. The molecule has 0 saturated carbocycles. The minimum Gasteiger partial charge on any atom is -0.550 e. The minimum atomic E-state index is -0.806. The zero-order valence-electron chi connectivity index (χ0n) is 25.1. The first-order valence-electron chi connectivity index (χ1n) is 16.9. The molecule has 0 aliphatic carbocycles. The lowest BCUT2D eigenvalue weighted by Crippen LogP contribution is -2.31. The first kappa shape index (κ1) is 35.5. The molecule has 0 spiro atoms. The Hall–Kier alpha value is -0.530. The molecule has 2 heteroatoms. The van der Waals surface area contributed by atoms with Crippen LogP contribution in [0.25, 0.3) is 0 Å². The third kappa shape index (κ3) is 28.0. The van der Waals surface area contributed by atoms with Crippen LogP contribution in [0.1, 0.15) is 206 Å². The summed E-state index contributed by atoms with van der Waals surface area (Å²) in [4.78, 5) is 11.5. The van der Waals surface area contributed by atoms with E-state index in [-0.39, 0.29) is 5.92 Å². The predicted octanol–water partition coefficient (Wildman–Crippen LogP) is 11.1.